The lowest BCUT2D eigenvalue weighted by Crippen LogP contribution is -2.56. The molecule has 26 heavy (non-hydrogen) atoms. The van der Waals surface area contributed by atoms with Crippen LogP contribution in [0.4, 0.5) is 0 Å². The van der Waals surface area contributed by atoms with E-state index in [0.717, 1.165) is 0 Å². The molecule has 0 saturated heterocycles. The van der Waals surface area contributed by atoms with Gasteiger partial charge in [0.05, 0.1) is 18.8 Å². The third-order valence-corrected chi connectivity index (χ3v) is 3.57. The van der Waals surface area contributed by atoms with Crippen molar-refractivity contribution in [2.24, 2.45) is 11.7 Å². The Bertz CT molecular complexity index is 645. The average molecular weight is 369 g/mol. The van der Waals surface area contributed by atoms with E-state index in [0.29, 0.717) is 5.69 Å². The minimum Gasteiger partial charge on any atom is -0.481 e. The van der Waals surface area contributed by atoms with Crippen LogP contribution in [0.25, 0.3) is 0 Å². The third kappa shape index (κ3) is 6.51. The van der Waals surface area contributed by atoms with Crippen molar-refractivity contribution in [2.45, 2.75) is 44.8 Å². The first-order valence-electron chi connectivity index (χ1n) is 7.90. The molecule has 0 aromatic carbocycles. The highest BCUT2D eigenvalue weighted by Gasteiger charge is 2.31. The van der Waals surface area contributed by atoms with Gasteiger partial charge < -0.3 is 31.6 Å². The second-order valence-corrected chi connectivity index (χ2v) is 6.12. The monoisotopic (exact) mass is 369 g/mol. The predicted molar refractivity (Wildman–Crippen MR) is 88.9 cm³/mol. The summed E-state index contributed by atoms with van der Waals surface area (Å²) < 4.78 is 0. The molecule has 0 radical (unpaired) electrons. The number of hydrogen-bond donors (Lipinski definition) is 6. The van der Waals surface area contributed by atoms with E-state index >= 15 is 0 Å². The van der Waals surface area contributed by atoms with Gasteiger partial charge in [-0.15, -0.1) is 0 Å². The summed E-state index contributed by atoms with van der Waals surface area (Å²) in [5.41, 5.74) is 6.45. The maximum absolute atomic E-state index is 12.3. The largest absolute Gasteiger partial charge is 0.481 e. The van der Waals surface area contributed by atoms with Crippen LogP contribution in [0.15, 0.2) is 12.5 Å². The Hall–Kier alpha value is -2.95. The zero-order chi connectivity index (χ0) is 19.9. The molecular weight excluding hydrogens is 346 g/mol. The second kappa shape index (κ2) is 9.51. The van der Waals surface area contributed by atoms with Crippen molar-refractivity contribution >= 4 is 23.8 Å². The molecule has 0 aliphatic rings. The first-order valence-corrected chi connectivity index (χ1v) is 7.90. The van der Waals surface area contributed by atoms with Crippen molar-refractivity contribution < 1.29 is 29.4 Å². The number of aromatic nitrogens is 2. The molecule has 11 heteroatoms. The van der Waals surface area contributed by atoms with Crippen LogP contribution < -0.4 is 16.4 Å². The van der Waals surface area contributed by atoms with E-state index in [1.165, 1.54) is 12.5 Å². The first kappa shape index (κ1) is 21.1. The number of carbonyl (C=O) groups is 4. The van der Waals surface area contributed by atoms with Gasteiger partial charge in [0.15, 0.2) is 0 Å². The van der Waals surface area contributed by atoms with Crippen molar-refractivity contribution in [3.05, 3.63) is 18.2 Å². The number of H-pyrrole nitrogens is 1. The minimum absolute atomic E-state index is 0.176. The molecule has 0 spiro atoms. The van der Waals surface area contributed by atoms with Gasteiger partial charge in [-0.05, 0) is 5.92 Å². The molecule has 0 fully saturated rings. The van der Waals surface area contributed by atoms with Crippen molar-refractivity contribution in [1.82, 2.24) is 20.6 Å². The normalized spacial score (nSPS) is 14.3. The smallest absolute Gasteiger partial charge is 0.326 e. The number of carboxylic acid groups (broad SMARTS) is 2. The summed E-state index contributed by atoms with van der Waals surface area (Å²) in [5.74, 6) is -4.62. The Morgan fingerprint density at radius 1 is 1.19 bits per heavy atom. The van der Waals surface area contributed by atoms with Crippen molar-refractivity contribution in [2.75, 3.05) is 0 Å². The van der Waals surface area contributed by atoms with Crippen LogP contribution in [0, 0.1) is 5.92 Å². The zero-order valence-electron chi connectivity index (χ0n) is 14.4. The molecule has 11 nitrogen and oxygen atoms in total. The molecule has 0 aliphatic heterocycles. The second-order valence-electron chi connectivity index (χ2n) is 6.12. The summed E-state index contributed by atoms with van der Waals surface area (Å²) in [6.45, 7) is 3.30. The van der Waals surface area contributed by atoms with E-state index in [4.69, 9.17) is 15.9 Å². The number of carbonyl (C=O) groups excluding carboxylic acids is 2. The Morgan fingerprint density at radius 2 is 1.85 bits per heavy atom. The summed E-state index contributed by atoms with van der Waals surface area (Å²) in [6.07, 6.45) is 2.36. The van der Waals surface area contributed by atoms with Crippen LogP contribution in [-0.2, 0) is 25.6 Å². The van der Waals surface area contributed by atoms with E-state index in [2.05, 4.69) is 20.6 Å². The van der Waals surface area contributed by atoms with Crippen LogP contribution >= 0.6 is 0 Å². The summed E-state index contributed by atoms with van der Waals surface area (Å²) in [6, 6.07) is -3.61. The number of hydrogen-bond acceptors (Lipinski definition) is 6. The Kier molecular flexibility index (Phi) is 7.72. The number of nitrogens with zero attached hydrogens (tertiary/aromatic N) is 1. The van der Waals surface area contributed by atoms with E-state index in [1.807, 2.05) is 0 Å². The van der Waals surface area contributed by atoms with Gasteiger partial charge in [0.1, 0.15) is 12.1 Å². The van der Waals surface area contributed by atoms with Crippen molar-refractivity contribution in [1.29, 1.82) is 0 Å². The number of nitrogens with two attached hydrogens (primary N) is 1. The highest BCUT2D eigenvalue weighted by atomic mass is 16.4. The maximum atomic E-state index is 12.3. The maximum Gasteiger partial charge on any atom is 0.326 e. The number of amides is 2. The quantitative estimate of drug-likeness (QED) is 0.286. The number of nitrogens with one attached hydrogen (secondary N) is 3. The molecule has 0 bridgehead atoms. The lowest BCUT2D eigenvalue weighted by atomic mass is 10.0. The van der Waals surface area contributed by atoms with Gasteiger partial charge >= 0.3 is 11.9 Å². The number of carboxylic acids is 2. The molecule has 2 amide bonds. The molecule has 1 heterocycles. The Labute approximate surface area is 149 Å². The molecule has 1 aromatic rings. The summed E-state index contributed by atoms with van der Waals surface area (Å²) in [5, 5.41) is 22.3. The fourth-order valence-corrected chi connectivity index (χ4v) is 2.16. The van der Waals surface area contributed by atoms with Crippen molar-refractivity contribution in [3.8, 4) is 0 Å². The van der Waals surface area contributed by atoms with Gasteiger partial charge in [-0.3, -0.25) is 14.4 Å². The molecule has 144 valence electrons. The molecule has 1 rings (SSSR count). The van der Waals surface area contributed by atoms with Gasteiger partial charge in [0.25, 0.3) is 0 Å². The van der Waals surface area contributed by atoms with Crippen LogP contribution in [-0.4, -0.2) is 62.1 Å². The van der Waals surface area contributed by atoms with E-state index in [9.17, 15) is 19.2 Å². The molecule has 7 N–H and O–H groups in total. The first-order chi connectivity index (χ1) is 12.1. The highest BCUT2D eigenvalue weighted by molar-refractivity contribution is 5.92. The lowest BCUT2D eigenvalue weighted by Gasteiger charge is -2.25. The predicted octanol–water partition coefficient (Wildman–Crippen LogP) is -1.54. The van der Waals surface area contributed by atoms with Gasteiger partial charge in [0, 0.05) is 18.3 Å². The number of rotatable bonds is 10. The Balaban J connectivity index is 2.74. The van der Waals surface area contributed by atoms with Gasteiger partial charge in [-0.1, -0.05) is 13.8 Å². The van der Waals surface area contributed by atoms with E-state index < -0.39 is 48.3 Å². The summed E-state index contributed by atoms with van der Waals surface area (Å²) in [7, 11) is 0. The Morgan fingerprint density at radius 3 is 2.31 bits per heavy atom. The van der Waals surface area contributed by atoms with Crippen LogP contribution in [0.2, 0.25) is 0 Å². The van der Waals surface area contributed by atoms with Crippen molar-refractivity contribution in [3.63, 3.8) is 0 Å². The minimum atomic E-state index is -1.60. The number of aliphatic carboxylic acids is 2. The topological polar surface area (TPSA) is 187 Å². The molecule has 0 saturated carbocycles. The van der Waals surface area contributed by atoms with E-state index in [1.54, 1.807) is 13.8 Å². The average Bonchev–Trinajstić information content (AvgIpc) is 3.03. The van der Waals surface area contributed by atoms with E-state index in [-0.39, 0.29) is 12.3 Å². The number of aromatic amines is 1. The third-order valence-electron chi connectivity index (χ3n) is 3.57. The summed E-state index contributed by atoms with van der Waals surface area (Å²) in [4.78, 5) is 52.9. The zero-order valence-corrected chi connectivity index (χ0v) is 14.4. The fourth-order valence-electron chi connectivity index (χ4n) is 2.16. The fraction of sp³-hybridized carbons (Fsp3) is 0.533. The van der Waals surface area contributed by atoms with Gasteiger partial charge in [0.2, 0.25) is 11.8 Å². The molecule has 1 aromatic heterocycles. The van der Waals surface area contributed by atoms with Crippen LogP contribution in [0.1, 0.15) is 26.0 Å². The highest BCUT2D eigenvalue weighted by Crippen LogP contribution is 2.05. The van der Waals surface area contributed by atoms with Gasteiger partial charge in [-0.25, -0.2) is 9.78 Å². The number of imidazole rings is 1. The lowest BCUT2D eigenvalue weighted by molar-refractivity contribution is -0.147. The molecule has 0 aliphatic carbocycles. The standard InChI is InChI=1S/C15H23N5O6/c1-7(2)12(14(24)19-10(15(25)26)4-11(21)22)20-13(23)9(16)3-8-5-17-6-18-8/h5-7,9-10,12H,3-4,16H2,1-2H3,(H,17,18)(H,19,24)(H,20,23)(H,21,22)(H,25,26)/t9-,10-,12-/m0/s1. The van der Waals surface area contributed by atoms with Crippen LogP contribution in [0.3, 0.4) is 0 Å². The SMILES string of the molecule is CC(C)[C@H](NC(=O)[C@@H](N)Cc1cnc[nH]1)C(=O)N[C@@H](CC(=O)O)C(=O)O. The van der Waals surface area contributed by atoms with Crippen LogP contribution in [0.5, 0.6) is 0 Å². The summed E-state index contributed by atoms with van der Waals surface area (Å²) >= 11 is 0. The molecule has 0 unspecified atom stereocenters. The van der Waals surface area contributed by atoms with Gasteiger partial charge in [-0.2, -0.15) is 0 Å². The molecule has 3 atom stereocenters. The molecular formula is C15H23N5O6.